The summed E-state index contributed by atoms with van der Waals surface area (Å²) in [5.41, 5.74) is 0. The lowest BCUT2D eigenvalue weighted by Gasteiger charge is -2.26. The summed E-state index contributed by atoms with van der Waals surface area (Å²) in [4.78, 5) is 13.1. The largest absolute Gasteiger partial charge is 0.344 e. The van der Waals surface area contributed by atoms with E-state index >= 15 is 0 Å². The van der Waals surface area contributed by atoms with Gasteiger partial charge in [-0.1, -0.05) is 11.6 Å². The monoisotopic (exact) mass is 268 g/mol. The summed E-state index contributed by atoms with van der Waals surface area (Å²) in [5.74, 6) is 0.744. The van der Waals surface area contributed by atoms with Crippen molar-refractivity contribution in [2.45, 2.75) is 32.2 Å². The molecule has 2 rings (SSSR count). The molecular weight excluding hydrogens is 248 g/mol. The molecule has 18 heavy (non-hydrogen) atoms. The summed E-state index contributed by atoms with van der Waals surface area (Å²) in [6.45, 7) is 5.78. The third-order valence-corrected chi connectivity index (χ3v) is 3.79. The van der Waals surface area contributed by atoms with E-state index in [1.807, 2.05) is 7.05 Å². The Hall–Kier alpha value is -0.870. The highest BCUT2D eigenvalue weighted by Crippen LogP contribution is 2.15. The molecule has 1 saturated heterocycles. The number of likely N-dealkylation sites (tertiary alicyclic amines) is 1. The van der Waals surface area contributed by atoms with Gasteiger partial charge in [-0.05, 0) is 39.3 Å². The second-order valence-electron chi connectivity index (χ2n) is 5.00. The van der Waals surface area contributed by atoms with Crippen LogP contribution in [0.4, 0.5) is 5.95 Å². The van der Waals surface area contributed by atoms with Crippen molar-refractivity contribution in [3.05, 3.63) is 17.4 Å². The number of hydrogen-bond acceptors (Lipinski definition) is 4. The molecule has 1 atom stereocenters. The number of aromatic nitrogens is 2. The predicted molar refractivity (Wildman–Crippen MR) is 75.2 cm³/mol. The third kappa shape index (κ3) is 3.56. The summed E-state index contributed by atoms with van der Waals surface area (Å²) in [7, 11) is 2.03. The maximum absolute atomic E-state index is 5.78. The van der Waals surface area contributed by atoms with Gasteiger partial charge in [0, 0.05) is 19.6 Å². The van der Waals surface area contributed by atoms with Crippen LogP contribution in [0.3, 0.4) is 0 Å². The smallest absolute Gasteiger partial charge is 0.225 e. The number of anilines is 1. The van der Waals surface area contributed by atoms with E-state index in [-0.39, 0.29) is 0 Å². The summed E-state index contributed by atoms with van der Waals surface area (Å²) < 4.78 is 0. The zero-order chi connectivity index (χ0) is 13.0. The van der Waals surface area contributed by atoms with Crippen LogP contribution in [0.2, 0.25) is 5.02 Å². The van der Waals surface area contributed by atoms with E-state index in [2.05, 4.69) is 26.7 Å². The van der Waals surface area contributed by atoms with Crippen LogP contribution in [0.25, 0.3) is 0 Å². The molecule has 0 bridgehead atoms. The Bertz CT molecular complexity index is 362. The molecule has 2 heterocycles. The van der Waals surface area contributed by atoms with E-state index in [0.29, 0.717) is 11.1 Å². The molecule has 0 amide bonds. The Kier molecular flexibility index (Phi) is 4.78. The molecule has 0 aliphatic carbocycles. The molecule has 1 aromatic rings. The van der Waals surface area contributed by atoms with Crippen LogP contribution in [0.5, 0.6) is 0 Å². The van der Waals surface area contributed by atoms with Crippen LogP contribution < -0.4 is 4.90 Å². The van der Waals surface area contributed by atoms with E-state index < -0.39 is 0 Å². The fourth-order valence-corrected chi connectivity index (χ4v) is 2.45. The predicted octanol–water partition coefficient (Wildman–Crippen LogP) is 2.44. The molecule has 100 valence electrons. The molecule has 4 nitrogen and oxygen atoms in total. The Morgan fingerprint density at radius 1 is 1.33 bits per heavy atom. The highest BCUT2D eigenvalue weighted by molar-refractivity contribution is 6.30. The van der Waals surface area contributed by atoms with Gasteiger partial charge in [0.1, 0.15) is 0 Å². The Balaban J connectivity index is 1.80. The summed E-state index contributed by atoms with van der Waals surface area (Å²) in [6.07, 6.45) is 7.12. The molecule has 0 N–H and O–H groups in total. The number of nitrogens with zero attached hydrogens (tertiary/aromatic N) is 4. The van der Waals surface area contributed by atoms with Crippen LogP contribution in [0, 0.1) is 0 Å². The van der Waals surface area contributed by atoms with E-state index in [1.165, 1.54) is 25.9 Å². The molecule has 1 aromatic heterocycles. The molecule has 0 radical (unpaired) electrons. The van der Waals surface area contributed by atoms with Crippen molar-refractivity contribution >= 4 is 17.5 Å². The summed E-state index contributed by atoms with van der Waals surface area (Å²) in [5, 5.41) is 0.581. The minimum atomic E-state index is 0.581. The second kappa shape index (κ2) is 6.34. The van der Waals surface area contributed by atoms with Crippen molar-refractivity contribution in [3.8, 4) is 0 Å². The summed E-state index contributed by atoms with van der Waals surface area (Å²) in [6, 6.07) is 0.641. The first-order chi connectivity index (χ1) is 8.66. The molecule has 0 saturated carbocycles. The van der Waals surface area contributed by atoms with Crippen molar-refractivity contribution in [3.63, 3.8) is 0 Å². The molecule has 1 unspecified atom stereocenters. The average molecular weight is 269 g/mol. The van der Waals surface area contributed by atoms with Crippen LogP contribution in [-0.2, 0) is 0 Å². The normalized spacial score (nSPS) is 17.9. The van der Waals surface area contributed by atoms with Gasteiger partial charge in [0.2, 0.25) is 5.95 Å². The first-order valence-electron chi connectivity index (χ1n) is 6.59. The van der Waals surface area contributed by atoms with E-state index in [1.54, 1.807) is 12.4 Å². The van der Waals surface area contributed by atoms with Crippen molar-refractivity contribution in [1.29, 1.82) is 0 Å². The minimum Gasteiger partial charge on any atom is -0.344 e. The lowest BCUT2D eigenvalue weighted by molar-refractivity contribution is 0.249. The zero-order valence-corrected chi connectivity index (χ0v) is 11.9. The number of halogens is 1. The summed E-state index contributed by atoms with van der Waals surface area (Å²) >= 11 is 5.78. The standard InChI is InChI=1S/C13H21ClN4/c1-11(18-6-3-4-7-18)5-8-17(2)13-15-9-12(14)10-16-13/h9-11H,3-8H2,1-2H3. The highest BCUT2D eigenvalue weighted by atomic mass is 35.5. The first-order valence-corrected chi connectivity index (χ1v) is 6.97. The SMILES string of the molecule is CC(CCN(C)c1ncc(Cl)cn1)N1CCCC1. The fraction of sp³-hybridized carbons (Fsp3) is 0.692. The van der Waals surface area contributed by atoms with E-state index in [9.17, 15) is 0 Å². The quantitative estimate of drug-likeness (QED) is 0.821. The van der Waals surface area contributed by atoms with Crippen LogP contribution in [-0.4, -0.2) is 47.6 Å². The molecule has 1 aliphatic heterocycles. The fourth-order valence-electron chi connectivity index (χ4n) is 2.35. The van der Waals surface area contributed by atoms with Gasteiger partial charge in [-0.3, -0.25) is 0 Å². The molecular formula is C13H21ClN4. The van der Waals surface area contributed by atoms with Gasteiger partial charge in [0.05, 0.1) is 17.4 Å². The molecule has 0 aromatic carbocycles. The average Bonchev–Trinajstić information content (AvgIpc) is 2.90. The van der Waals surface area contributed by atoms with Crippen molar-refractivity contribution in [2.24, 2.45) is 0 Å². The van der Waals surface area contributed by atoms with Crippen molar-refractivity contribution < 1.29 is 0 Å². The van der Waals surface area contributed by atoms with Gasteiger partial charge in [-0.25, -0.2) is 9.97 Å². The third-order valence-electron chi connectivity index (χ3n) is 3.59. The molecule has 5 heteroatoms. The zero-order valence-electron chi connectivity index (χ0n) is 11.1. The molecule has 1 fully saturated rings. The Labute approximate surface area is 114 Å². The van der Waals surface area contributed by atoms with Gasteiger partial charge in [-0.15, -0.1) is 0 Å². The molecule has 1 aliphatic rings. The highest BCUT2D eigenvalue weighted by Gasteiger charge is 2.18. The number of rotatable bonds is 5. The van der Waals surface area contributed by atoms with Crippen LogP contribution in [0.15, 0.2) is 12.4 Å². The van der Waals surface area contributed by atoms with Crippen LogP contribution in [0.1, 0.15) is 26.2 Å². The van der Waals surface area contributed by atoms with Crippen LogP contribution >= 0.6 is 11.6 Å². The first kappa shape index (κ1) is 13.6. The van der Waals surface area contributed by atoms with Gasteiger partial charge < -0.3 is 9.80 Å². The van der Waals surface area contributed by atoms with Crippen molar-refractivity contribution in [1.82, 2.24) is 14.9 Å². The maximum atomic E-state index is 5.78. The van der Waals surface area contributed by atoms with Gasteiger partial charge >= 0.3 is 0 Å². The minimum absolute atomic E-state index is 0.581. The number of hydrogen-bond donors (Lipinski definition) is 0. The van der Waals surface area contributed by atoms with E-state index in [0.717, 1.165) is 18.9 Å². The van der Waals surface area contributed by atoms with Gasteiger partial charge in [-0.2, -0.15) is 0 Å². The second-order valence-corrected chi connectivity index (χ2v) is 5.44. The molecule has 0 spiro atoms. The van der Waals surface area contributed by atoms with E-state index in [4.69, 9.17) is 11.6 Å². The lowest BCUT2D eigenvalue weighted by Crippen LogP contribution is -2.33. The lowest BCUT2D eigenvalue weighted by atomic mass is 10.2. The van der Waals surface area contributed by atoms with Gasteiger partial charge in [0.25, 0.3) is 0 Å². The topological polar surface area (TPSA) is 32.3 Å². The Morgan fingerprint density at radius 2 is 1.94 bits per heavy atom. The van der Waals surface area contributed by atoms with Crippen molar-refractivity contribution in [2.75, 3.05) is 31.6 Å². The maximum Gasteiger partial charge on any atom is 0.225 e. The Morgan fingerprint density at radius 3 is 2.56 bits per heavy atom. The van der Waals surface area contributed by atoms with Gasteiger partial charge in [0.15, 0.2) is 0 Å².